The van der Waals surface area contributed by atoms with E-state index in [2.05, 4.69) is 37.5 Å². The van der Waals surface area contributed by atoms with Gasteiger partial charge in [-0.3, -0.25) is 14.4 Å². The van der Waals surface area contributed by atoms with E-state index in [1.807, 2.05) is 13.0 Å². The van der Waals surface area contributed by atoms with Crippen molar-refractivity contribution in [2.24, 2.45) is 5.92 Å². The maximum atomic E-state index is 14.4. The molecule has 4 rings (SSSR count). The van der Waals surface area contributed by atoms with Crippen LogP contribution < -0.4 is 25.4 Å². The monoisotopic (exact) mass is 708 g/mol. The number of unbranched alkanes of at least 4 members (excludes halogenated alkanes) is 1. The quantitative estimate of drug-likeness (QED) is 0.166. The Balaban J connectivity index is 0.00000625. The van der Waals surface area contributed by atoms with Crippen molar-refractivity contribution in [3.63, 3.8) is 0 Å². The van der Waals surface area contributed by atoms with Crippen molar-refractivity contribution in [3.8, 4) is 11.6 Å². The predicted molar refractivity (Wildman–Crippen MR) is 184 cm³/mol. The van der Waals surface area contributed by atoms with E-state index < -0.39 is 33.6 Å². The molecule has 1 atom stereocenters. The van der Waals surface area contributed by atoms with Crippen LogP contribution in [0.1, 0.15) is 60.5 Å². The van der Waals surface area contributed by atoms with E-state index in [4.69, 9.17) is 4.74 Å². The molecule has 48 heavy (non-hydrogen) atoms. The van der Waals surface area contributed by atoms with Gasteiger partial charge in [-0.15, -0.1) is 12.4 Å². The second kappa shape index (κ2) is 17.4. The van der Waals surface area contributed by atoms with Crippen LogP contribution in [0.2, 0.25) is 0 Å². The molecule has 1 unspecified atom stereocenters. The number of halogens is 3. The highest BCUT2D eigenvalue weighted by atomic mass is 35.5. The van der Waals surface area contributed by atoms with Crippen molar-refractivity contribution < 1.29 is 31.5 Å². The Morgan fingerprint density at radius 2 is 1.81 bits per heavy atom. The summed E-state index contributed by atoms with van der Waals surface area (Å²) >= 11 is 0. The molecule has 11 nitrogen and oxygen atoms in total. The molecule has 15 heteroatoms. The Morgan fingerprint density at radius 1 is 1.08 bits per heavy atom. The lowest BCUT2D eigenvalue weighted by molar-refractivity contribution is 0.0959. The summed E-state index contributed by atoms with van der Waals surface area (Å²) in [6.45, 7) is 6.25. The number of carbonyl (C=O) groups is 2. The summed E-state index contributed by atoms with van der Waals surface area (Å²) in [7, 11) is -2.04. The first-order valence-electron chi connectivity index (χ1n) is 15.6. The minimum absolute atomic E-state index is 0. The fourth-order valence-electron chi connectivity index (χ4n) is 5.62. The SMILES string of the molecule is CCCCC(NC(=O)Nc1cc(C(=O)NC)c(F)cc1F)C1CCN(Cc2ccc(Oc3ccc(NS(C)(=O)=O)cc3C)nc2)CC1.Cl. The summed E-state index contributed by atoms with van der Waals surface area (Å²) in [6, 6.07) is 9.63. The molecule has 1 aliphatic rings. The minimum Gasteiger partial charge on any atom is -0.439 e. The van der Waals surface area contributed by atoms with Crippen molar-refractivity contribution in [2.45, 2.75) is 58.5 Å². The zero-order chi connectivity index (χ0) is 34.1. The topological polar surface area (TPSA) is 142 Å². The number of piperidine rings is 1. The van der Waals surface area contributed by atoms with E-state index >= 15 is 0 Å². The van der Waals surface area contributed by atoms with E-state index in [0.717, 1.165) is 68.6 Å². The molecule has 1 fully saturated rings. The van der Waals surface area contributed by atoms with Crippen LogP contribution in [-0.4, -0.2) is 62.7 Å². The molecule has 2 aromatic carbocycles. The molecule has 1 saturated heterocycles. The van der Waals surface area contributed by atoms with Crippen LogP contribution in [0.4, 0.5) is 25.0 Å². The molecule has 0 radical (unpaired) electrons. The third kappa shape index (κ3) is 11.0. The van der Waals surface area contributed by atoms with Crippen LogP contribution in [0.25, 0.3) is 0 Å². The molecule has 262 valence electrons. The zero-order valence-electron chi connectivity index (χ0n) is 27.4. The molecule has 1 aromatic heterocycles. The second-order valence-electron chi connectivity index (χ2n) is 11.8. The van der Waals surface area contributed by atoms with Gasteiger partial charge in [0.15, 0.2) is 0 Å². The van der Waals surface area contributed by atoms with E-state index in [-0.39, 0.29) is 35.6 Å². The molecule has 3 amide bonds. The van der Waals surface area contributed by atoms with Gasteiger partial charge in [-0.2, -0.15) is 0 Å². The van der Waals surface area contributed by atoms with Crippen LogP contribution >= 0.6 is 12.4 Å². The number of benzene rings is 2. The fraction of sp³-hybridized carbons (Fsp3) is 0.424. The van der Waals surface area contributed by atoms with Crippen molar-refractivity contribution in [1.29, 1.82) is 0 Å². The number of sulfonamides is 1. The third-order valence-corrected chi connectivity index (χ3v) is 8.67. The van der Waals surface area contributed by atoms with Gasteiger partial charge in [0.05, 0.1) is 17.5 Å². The number of carbonyl (C=O) groups excluding carboxylic acids is 2. The van der Waals surface area contributed by atoms with Gasteiger partial charge >= 0.3 is 6.03 Å². The average Bonchev–Trinajstić information content (AvgIpc) is 3.02. The maximum Gasteiger partial charge on any atom is 0.319 e. The third-order valence-electron chi connectivity index (χ3n) is 8.06. The highest BCUT2D eigenvalue weighted by Gasteiger charge is 2.28. The molecule has 0 spiro atoms. The van der Waals surface area contributed by atoms with Gasteiger partial charge < -0.3 is 20.7 Å². The summed E-state index contributed by atoms with van der Waals surface area (Å²) in [6.07, 6.45) is 7.23. The number of pyridine rings is 1. The zero-order valence-corrected chi connectivity index (χ0v) is 29.1. The van der Waals surface area contributed by atoms with E-state index in [9.17, 15) is 26.8 Å². The van der Waals surface area contributed by atoms with E-state index in [1.165, 1.54) is 7.05 Å². The molecule has 0 bridgehead atoms. The Kier molecular flexibility index (Phi) is 13.9. The van der Waals surface area contributed by atoms with Gasteiger partial charge in [0.1, 0.15) is 17.4 Å². The van der Waals surface area contributed by atoms with Gasteiger partial charge in [-0.05, 0) is 80.6 Å². The average molecular weight is 709 g/mol. The van der Waals surface area contributed by atoms with Crippen LogP contribution in [0.3, 0.4) is 0 Å². The summed E-state index contributed by atoms with van der Waals surface area (Å²) < 4.78 is 59.8. The van der Waals surface area contributed by atoms with Crippen LogP contribution in [0, 0.1) is 24.5 Å². The lowest BCUT2D eigenvalue weighted by Gasteiger charge is -2.36. The van der Waals surface area contributed by atoms with Gasteiger partial charge in [0.2, 0.25) is 15.9 Å². The number of ether oxygens (including phenoxy) is 1. The normalized spacial score (nSPS) is 14.4. The van der Waals surface area contributed by atoms with Crippen LogP contribution in [-0.2, 0) is 16.6 Å². The smallest absolute Gasteiger partial charge is 0.319 e. The number of hydrogen-bond acceptors (Lipinski definition) is 7. The highest BCUT2D eigenvalue weighted by molar-refractivity contribution is 7.92. The summed E-state index contributed by atoms with van der Waals surface area (Å²) in [4.78, 5) is 31.6. The number of urea groups is 1. The molecule has 2 heterocycles. The molecular formula is C33H43ClF2N6O5S. The van der Waals surface area contributed by atoms with Crippen LogP contribution in [0.5, 0.6) is 11.6 Å². The Bertz CT molecular complexity index is 1670. The number of nitrogens with one attached hydrogen (secondary N) is 4. The first kappa shape index (κ1) is 38.4. The van der Waals surface area contributed by atoms with Gasteiger partial charge in [-0.25, -0.2) is 27.0 Å². The largest absolute Gasteiger partial charge is 0.439 e. The number of aromatic nitrogens is 1. The number of anilines is 2. The van der Waals surface area contributed by atoms with E-state index in [0.29, 0.717) is 29.9 Å². The van der Waals surface area contributed by atoms with E-state index in [1.54, 1.807) is 30.5 Å². The molecule has 0 aliphatic carbocycles. The van der Waals surface area contributed by atoms with Crippen molar-refractivity contribution in [1.82, 2.24) is 20.5 Å². The summed E-state index contributed by atoms with van der Waals surface area (Å²) in [5, 5.41) is 7.75. The van der Waals surface area contributed by atoms with Gasteiger partial charge in [0.25, 0.3) is 5.91 Å². The molecule has 3 aromatic rings. The molecular weight excluding hydrogens is 666 g/mol. The van der Waals surface area contributed by atoms with Crippen molar-refractivity contribution in [3.05, 3.63) is 77.0 Å². The lowest BCUT2D eigenvalue weighted by atomic mass is 9.86. The number of hydrogen-bond donors (Lipinski definition) is 4. The Morgan fingerprint density at radius 3 is 2.42 bits per heavy atom. The first-order valence-corrected chi connectivity index (χ1v) is 17.5. The summed E-state index contributed by atoms with van der Waals surface area (Å²) in [5.74, 6) is -1.48. The predicted octanol–water partition coefficient (Wildman–Crippen LogP) is 6.21. The Labute approximate surface area is 286 Å². The fourth-order valence-corrected chi connectivity index (χ4v) is 6.18. The minimum atomic E-state index is -3.37. The number of likely N-dealkylation sites (tertiary alicyclic amines) is 1. The molecule has 0 saturated carbocycles. The maximum absolute atomic E-state index is 14.4. The van der Waals surface area contributed by atoms with Crippen molar-refractivity contribution in [2.75, 3.05) is 36.4 Å². The van der Waals surface area contributed by atoms with Gasteiger partial charge in [-0.1, -0.05) is 25.8 Å². The number of rotatable bonds is 13. The number of aryl methyl sites for hydroxylation is 1. The first-order chi connectivity index (χ1) is 22.3. The van der Waals surface area contributed by atoms with Gasteiger partial charge in [0, 0.05) is 43.7 Å². The van der Waals surface area contributed by atoms with Crippen molar-refractivity contribution >= 4 is 45.7 Å². The molecule has 4 N–H and O–H groups in total. The number of amides is 3. The number of nitrogens with zero attached hydrogens (tertiary/aromatic N) is 2. The lowest BCUT2D eigenvalue weighted by Crippen LogP contribution is -2.46. The second-order valence-corrected chi connectivity index (χ2v) is 13.6. The molecule has 1 aliphatic heterocycles. The van der Waals surface area contributed by atoms with Crippen LogP contribution in [0.15, 0.2) is 48.7 Å². The highest BCUT2D eigenvalue weighted by Crippen LogP contribution is 2.28. The summed E-state index contributed by atoms with van der Waals surface area (Å²) in [5.41, 5.74) is 1.61. The standard InChI is InChI=1S/C33H42F2N6O5S.ClH/c1-5-6-7-28(38-33(43)39-29-17-25(32(42)36-3)26(34)18-27(29)35)23-12-14-41(15-13-23)20-22-8-11-31(37-19-22)46-30-10-9-24(16-21(30)2)40-47(4,44)45;/h8-11,16-19,23,28,40H,5-7,12-15,20H2,1-4H3,(H,36,42)(H2,38,39,43);1H. The Hall–Kier alpha value is -4.01.